The molecule has 0 spiro atoms. The third-order valence-corrected chi connectivity index (χ3v) is 5.43. The van der Waals surface area contributed by atoms with Crippen LogP contribution in [0.3, 0.4) is 0 Å². The van der Waals surface area contributed by atoms with Gasteiger partial charge in [0.1, 0.15) is 0 Å². The summed E-state index contributed by atoms with van der Waals surface area (Å²) in [6.07, 6.45) is 0. The minimum atomic E-state index is -0.910. The third-order valence-electron chi connectivity index (χ3n) is 4.69. The van der Waals surface area contributed by atoms with E-state index in [1.165, 1.54) is 35.9 Å². The number of benzene rings is 2. The van der Waals surface area contributed by atoms with Crippen LogP contribution in [-0.2, 0) is 9.53 Å². The topological polar surface area (TPSA) is 68.5 Å². The second-order valence-corrected chi connectivity index (χ2v) is 7.12. The highest BCUT2D eigenvalue weighted by atomic mass is 35.5. The van der Waals surface area contributed by atoms with Crippen LogP contribution < -0.4 is 0 Å². The van der Waals surface area contributed by atoms with Crippen LogP contribution >= 0.6 is 23.2 Å². The molecule has 1 heterocycles. The zero-order chi connectivity index (χ0) is 20.7. The van der Waals surface area contributed by atoms with Crippen molar-refractivity contribution in [3.8, 4) is 5.75 Å². The Bertz CT molecular complexity index is 1120. The molecule has 1 unspecified atom stereocenters. The molecule has 3 rings (SSSR count). The predicted octanol–water partition coefficient (Wildman–Crippen LogP) is 5.07. The van der Waals surface area contributed by atoms with E-state index in [4.69, 9.17) is 27.9 Å². The van der Waals surface area contributed by atoms with Gasteiger partial charge in [-0.1, -0.05) is 23.2 Å². The van der Waals surface area contributed by atoms with Crippen LogP contribution in [0.4, 0.5) is 4.39 Å². The first-order valence-electron chi connectivity index (χ1n) is 8.29. The predicted molar refractivity (Wildman–Crippen MR) is 105 cm³/mol. The number of methoxy groups -OCH3 is 1. The van der Waals surface area contributed by atoms with Crippen LogP contribution in [0.15, 0.2) is 30.3 Å². The van der Waals surface area contributed by atoms with Crippen LogP contribution in [0.1, 0.15) is 34.5 Å². The van der Waals surface area contributed by atoms with Gasteiger partial charge in [-0.3, -0.25) is 14.2 Å². The van der Waals surface area contributed by atoms with Gasteiger partial charge < -0.3 is 9.84 Å². The maximum absolute atomic E-state index is 14.8. The van der Waals surface area contributed by atoms with E-state index in [0.29, 0.717) is 10.7 Å². The number of fused-ring (bicyclic) bond motifs is 1. The number of aromatic hydroxyl groups is 1. The van der Waals surface area contributed by atoms with Gasteiger partial charge >= 0.3 is 5.97 Å². The lowest BCUT2D eigenvalue weighted by molar-refractivity contribution is -0.141. The van der Waals surface area contributed by atoms with Gasteiger partial charge in [0.2, 0.25) is 0 Å². The Balaban J connectivity index is 2.33. The quantitative estimate of drug-likeness (QED) is 0.597. The normalized spacial score (nSPS) is 12.2. The van der Waals surface area contributed by atoms with E-state index < -0.39 is 29.4 Å². The minimum absolute atomic E-state index is 0.0104. The lowest BCUT2D eigenvalue weighted by atomic mass is 9.97. The highest BCUT2D eigenvalue weighted by Gasteiger charge is 2.29. The molecule has 0 fully saturated rings. The van der Waals surface area contributed by atoms with Crippen molar-refractivity contribution in [3.05, 3.63) is 63.0 Å². The van der Waals surface area contributed by atoms with Crippen LogP contribution in [0.2, 0.25) is 10.0 Å². The molecule has 8 heteroatoms. The van der Waals surface area contributed by atoms with Crippen molar-refractivity contribution in [3.63, 3.8) is 0 Å². The number of ether oxygens (including phenoxy) is 1. The molecule has 2 aromatic carbocycles. The average molecular weight is 424 g/mol. The van der Waals surface area contributed by atoms with Crippen molar-refractivity contribution in [1.29, 1.82) is 0 Å². The largest absolute Gasteiger partial charge is 0.505 e. The second-order valence-electron chi connectivity index (χ2n) is 6.31. The molecule has 1 atom stereocenters. The molecular formula is C20H16Cl2FNO4. The Hall–Kier alpha value is -2.57. The SMILES string of the molecule is COC(=O)C(C)c1c(C)n(C(=O)c2ccc(Cl)c(Cl)c2)c2ccc(O)c(F)c12. The summed E-state index contributed by atoms with van der Waals surface area (Å²) in [5, 5.41) is 10.3. The number of hydrogen-bond acceptors (Lipinski definition) is 4. The van der Waals surface area contributed by atoms with Crippen LogP contribution in [0.25, 0.3) is 10.9 Å². The zero-order valence-electron chi connectivity index (χ0n) is 15.2. The van der Waals surface area contributed by atoms with Crippen LogP contribution in [0, 0.1) is 12.7 Å². The molecule has 0 saturated carbocycles. The van der Waals surface area contributed by atoms with E-state index in [2.05, 4.69) is 0 Å². The van der Waals surface area contributed by atoms with Crippen LogP contribution in [0.5, 0.6) is 5.75 Å². The van der Waals surface area contributed by atoms with E-state index in [0.717, 1.165) is 6.07 Å². The van der Waals surface area contributed by atoms with Gasteiger partial charge in [0, 0.05) is 16.6 Å². The molecule has 1 N–H and O–H groups in total. The molecule has 3 aromatic rings. The maximum atomic E-state index is 14.8. The summed E-state index contributed by atoms with van der Waals surface area (Å²) in [6, 6.07) is 6.98. The van der Waals surface area contributed by atoms with Gasteiger partial charge in [-0.25, -0.2) is 4.39 Å². The number of phenolic OH excluding ortho intramolecular Hbond substituents is 1. The maximum Gasteiger partial charge on any atom is 0.312 e. The van der Waals surface area contributed by atoms with Gasteiger partial charge in [-0.2, -0.15) is 0 Å². The Kier molecular flexibility index (Phi) is 5.37. The number of halogens is 3. The van der Waals surface area contributed by atoms with Crippen molar-refractivity contribution < 1.29 is 23.8 Å². The molecule has 0 radical (unpaired) electrons. The van der Waals surface area contributed by atoms with Gasteiger partial charge in [0.15, 0.2) is 11.6 Å². The molecule has 0 amide bonds. The number of rotatable bonds is 3. The minimum Gasteiger partial charge on any atom is -0.505 e. The fourth-order valence-electron chi connectivity index (χ4n) is 3.32. The number of phenols is 1. The highest BCUT2D eigenvalue weighted by Crippen LogP contribution is 2.37. The number of aromatic nitrogens is 1. The fraction of sp³-hybridized carbons (Fsp3) is 0.200. The molecule has 0 saturated heterocycles. The number of nitrogens with zero attached hydrogens (tertiary/aromatic N) is 1. The van der Waals surface area contributed by atoms with E-state index in [-0.39, 0.29) is 27.1 Å². The zero-order valence-corrected chi connectivity index (χ0v) is 16.7. The van der Waals surface area contributed by atoms with Crippen molar-refractivity contribution >= 4 is 46.0 Å². The first-order valence-corrected chi connectivity index (χ1v) is 9.04. The molecule has 0 aliphatic rings. The van der Waals surface area contributed by atoms with E-state index in [1.807, 2.05) is 0 Å². The molecule has 1 aromatic heterocycles. The number of hydrogen-bond donors (Lipinski definition) is 1. The number of carbonyl (C=O) groups excluding carboxylic acids is 2. The average Bonchev–Trinajstić information content (AvgIpc) is 2.97. The van der Waals surface area contributed by atoms with Crippen molar-refractivity contribution in [2.45, 2.75) is 19.8 Å². The van der Waals surface area contributed by atoms with Crippen LogP contribution in [-0.4, -0.2) is 28.7 Å². The molecule has 0 aliphatic heterocycles. The first-order chi connectivity index (χ1) is 13.2. The third kappa shape index (κ3) is 3.12. The lowest BCUT2D eigenvalue weighted by Crippen LogP contribution is -2.16. The van der Waals surface area contributed by atoms with Gasteiger partial charge in [-0.05, 0) is 49.7 Å². The smallest absolute Gasteiger partial charge is 0.312 e. The summed E-state index contributed by atoms with van der Waals surface area (Å²) in [4.78, 5) is 25.3. The van der Waals surface area contributed by atoms with Gasteiger partial charge in [-0.15, -0.1) is 0 Å². The molecule has 0 aliphatic carbocycles. The fourth-order valence-corrected chi connectivity index (χ4v) is 3.62. The summed E-state index contributed by atoms with van der Waals surface area (Å²) in [5.74, 6) is -3.41. The lowest BCUT2D eigenvalue weighted by Gasteiger charge is -2.11. The molecular weight excluding hydrogens is 408 g/mol. The second kappa shape index (κ2) is 7.45. The van der Waals surface area contributed by atoms with Crippen molar-refractivity contribution in [2.75, 3.05) is 7.11 Å². The summed E-state index contributed by atoms with van der Waals surface area (Å²) < 4.78 is 20.9. The Morgan fingerprint density at radius 3 is 2.46 bits per heavy atom. The summed E-state index contributed by atoms with van der Waals surface area (Å²) in [5.41, 5.74) is 1.08. The first kappa shape index (κ1) is 20.2. The molecule has 28 heavy (non-hydrogen) atoms. The standard InChI is InChI=1S/C20H16Cl2FNO4/c1-9(20(27)28-3)16-10(2)24(14-6-7-15(25)18(23)17(14)16)19(26)11-4-5-12(21)13(22)8-11/h4-9,25H,1-3H3. The van der Waals surface area contributed by atoms with Gasteiger partial charge in [0.25, 0.3) is 5.91 Å². The van der Waals surface area contributed by atoms with E-state index in [9.17, 15) is 19.1 Å². The van der Waals surface area contributed by atoms with Crippen molar-refractivity contribution in [2.24, 2.45) is 0 Å². The summed E-state index contributed by atoms with van der Waals surface area (Å²) >= 11 is 11.9. The number of esters is 1. The Labute approximate surface area is 170 Å². The monoisotopic (exact) mass is 423 g/mol. The molecule has 146 valence electrons. The summed E-state index contributed by atoms with van der Waals surface area (Å²) in [7, 11) is 1.22. The summed E-state index contributed by atoms with van der Waals surface area (Å²) in [6.45, 7) is 3.14. The van der Waals surface area contributed by atoms with E-state index in [1.54, 1.807) is 13.8 Å². The highest BCUT2D eigenvalue weighted by molar-refractivity contribution is 6.42. The van der Waals surface area contributed by atoms with Gasteiger partial charge in [0.05, 0.1) is 28.6 Å². The number of carbonyl (C=O) groups is 2. The van der Waals surface area contributed by atoms with E-state index >= 15 is 0 Å². The van der Waals surface area contributed by atoms with Crippen molar-refractivity contribution in [1.82, 2.24) is 4.57 Å². The molecule has 0 bridgehead atoms. The molecule has 5 nitrogen and oxygen atoms in total. The Morgan fingerprint density at radius 1 is 1.18 bits per heavy atom. The Morgan fingerprint density at radius 2 is 1.86 bits per heavy atom.